The Bertz CT molecular complexity index is 1330. The summed E-state index contributed by atoms with van der Waals surface area (Å²) in [4.78, 5) is 17.3. The van der Waals surface area contributed by atoms with E-state index in [9.17, 15) is 13.2 Å². The Kier molecular flexibility index (Phi) is 6.40. The predicted octanol–water partition coefficient (Wildman–Crippen LogP) is 4.12. The van der Waals surface area contributed by atoms with Gasteiger partial charge in [-0.3, -0.25) is 4.79 Å². The van der Waals surface area contributed by atoms with Crippen LogP contribution in [-0.4, -0.2) is 56.0 Å². The summed E-state index contributed by atoms with van der Waals surface area (Å²) in [6, 6.07) is 15.5. The lowest BCUT2D eigenvalue weighted by Gasteiger charge is -2.27. The Balaban J connectivity index is 1.41. The number of anilines is 1. The number of carbonyl (C=O) groups excluding carboxylic acids is 1. The first-order valence-corrected chi connectivity index (χ1v) is 14.0. The second kappa shape index (κ2) is 9.49. The summed E-state index contributed by atoms with van der Waals surface area (Å²) in [5.74, 6) is 0.317. The fraction of sp³-hybridized carbons (Fsp3) is 0.407. The van der Waals surface area contributed by atoms with E-state index in [1.807, 2.05) is 49.3 Å². The van der Waals surface area contributed by atoms with Gasteiger partial charge < -0.3 is 14.3 Å². The second-order valence-electron chi connectivity index (χ2n) is 9.82. The van der Waals surface area contributed by atoms with Crippen molar-refractivity contribution in [2.75, 3.05) is 30.5 Å². The summed E-state index contributed by atoms with van der Waals surface area (Å²) in [5.41, 5.74) is 5.81. The van der Waals surface area contributed by atoms with E-state index in [2.05, 4.69) is 17.3 Å². The maximum Gasteiger partial charge on any atom is 0.276 e. The monoisotopic (exact) mass is 493 g/mol. The van der Waals surface area contributed by atoms with Gasteiger partial charge in [0.2, 0.25) is 0 Å². The van der Waals surface area contributed by atoms with Gasteiger partial charge in [-0.25, -0.2) is 8.42 Å². The molecule has 35 heavy (non-hydrogen) atoms. The van der Waals surface area contributed by atoms with E-state index in [-0.39, 0.29) is 29.1 Å². The topological polar surface area (TPSA) is 83.7 Å². The van der Waals surface area contributed by atoms with Crippen molar-refractivity contribution in [1.82, 2.24) is 10.1 Å². The molecule has 3 aromatic rings. The van der Waals surface area contributed by atoms with Crippen LogP contribution < -0.4 is 4.90 Å². The molecular weight excluding hydrogens is 462 g/mol. The smallest absolute Gasteiger partial charge is 0.276 e. The van der Waals surface area contributed by atoms with Crippen LogP contribution in [0, 0.1) is 0 Å². The highest BCUT2D eigenvalue weighted by molar-refractivity contribution is 7.91. The van der Waals surface area contributed by atoms with Gasteiger partial charge >= 0.3 is 0 Å². The lowest BCUT2D eigenvalue weighted by Crippen LogP contribution is -2.40. The summed E-state index contributed by atoms with van der Waals surface area (Å²) in [6.45, 7) is 0.313. The molecule has 7 nitrogen and oxygen atoms in total. The summed E-state index contributed by atoms with van der Waals surface area (Å²) in [7, 11) is 0.785. The number of benzene rings is 2. The van der Waals surface area contributed by atoms with Gasteiger partial charge in [0.25, 0.3) is 5.91 Å². The number of nitrogens with zero attached hydrogens (tertiary/aromatic N) is 3. The van der Waals surface area contributed by atoms with E-state index in [0.29, 0.717) is 18.7 Å². The van der Waals surface area contributed by atoms with Crippen LogP contribution in [0.1, 0.15) is 46.4 Å². The minimum absolute atomic E-state index is 0.0238. The van der Waals surface area contributed by atoms with E-state index in [4.69, 9.17) is 4.52 Å². The highest BCUT2D eigenvalue weighted by Crippen LogP contribution is 2.29. The molecule has 1 saturated heterocycles. The van der Waals surface area contributed by atoms with Crippen molar-refractivity contribution in [2.24, 2.45) is 0 Å². The molecule has 0 saturated carbocycles. The molecule has 8 heteroatoms. The van der Waals surface area contributed by atoms with Gasteiger partial charge in [0.15, 0.2) is 21.3 Å². The van der Waals surface area contributed by atoms with E-state index < -0.39 is 9.84 Å². The highest BCUT2D eigenvalue weighted by Gasteiger charge is 2.36. The first kappa shape index (κ1) is 23.6. The number of aromatic nitrogens is 1. The molecule has 1 atom stereocenters. The summed E-state index contributed by atoms with van der Waals surface area (Å²) < 4.78 is 30.0. The Morgan fingerprint density at radius 3 is 2.46 bits per heavy atom. The normalized spacial score (nSPS) is 18.7. The number of hydrogen-bond acceptors (Lipinski definition) is 6. The molecule has 2 aliphatic rings. The molecule has 0 N–H and O–H groups in total. The molecule has 0 spiro atoms. The van der Waals surface area contributed by atoms with Crippen molar-refractivity contribution < 1.29 is 17.7 Å². The van der Waals surface area contributed by atoms with Crippen LogP contribution >= 0.6 is 0 Å². The SMILES string of the molecule is CN(C)c1ccc(CN(C(=O)c2cc(-c3ccc4c(c3)CCCC4)on2)C2CCS(=O)(=O)C2)cc1. The van der Waals surface area contributed by atoms with Gasteiger partial charge in [-0.05, 0) is 67.0 Å². The van der Waals surface area contributed by atoms with Gasteiger partial charge in [0.05, 0.1) is 11.5 Å². The molecular formula is C27H31N3O4S. The van der Waals surface area contributed by atoms with Gasteiger partial charge in [0.1, 0.15) is 0 Å². The van der Waals surface area contributed by atoms with Crippen molar-refractivity contribution in [2.45, 2.75) is 44.7 Å². The number of hydrogen-bond donors (Lipinski definition) is 0. The maximum atomic E-state index is 13.6. The Hall–Kier alpha value is -3.13. The molecule has 1 aliphatic carbocycles. The first-order valence-electron chi connectivity index (χ1n) is 12.2. The van der Waals surface area contributed by atoms with Gasteiger partial charge in [-0.1, -0.05) is 29.4 Å². The standard InChI is InChI=1S/C27H31N3O4S/c1-29(2)23-11-7-19(8-12-23)17-30(24-13-14-35(32,33)18-24)27(31)25-16-26(34-28-25)22-10-9-20-5-3-4-6-21(20)15-22/h7-12,15-16,24H,3-6,13-14,17-18H2,1-2H3. The Labute approximate surface area is 206 Å². The van der Waals surface area contributed by atoms with Gasteiger partial charge in [-0.2, -0.15) is 0 Å². The third-order valence-electron chi connectivity index (χ3n) is 7.08. The molecule has 0 bridgehead atoms. The number of aryl methyl sites for hydroxylation is 2. The molecule has 1 unspecified atom stereocenters. The predicted molar refractivity (Wildman–Crippen MR) is 136 cm³/mol. The molecule has 0 radical (unpaired) electrons. The average Bonchev–Trinajstić information content (AvgIpc) is 3.49. The molecule has 5 rings (SSSR count). The van der Waals surface area contributed by atoms with Crippen LogP contribution in [-0.2, 0) is 29.2 Å². The van der Waals surface area contributed by atoms with Gasteiger partial charge in [-0.15, -0.1) is 0 Å². The molecule has 2 aromatic carbocycles. The van der Waals surface area contributed by atoms with Crippen LogP contribution in [0.25, 0.3) is 11.3 Å². The molecule has 1 aliphatic heterocycles. The fourth-order valence-corrected chi connectivity index (χ4v) is 6.76. The number of rotatable bonds is 6. The molecule has 1 amide bonds. The van der Waals surface area contributed by atoms with Crippen LogP contribution in [0.2, 0.25) is 0 Å². The second-order valence-corrected chi connectivity index (χ2v) is 12.0. The Morgan fingerprint density at radius 2 is 1.77 bits per heavy atom. The first-order chi connectivity index (χ1) is 16.8. The zero-order valence-corrected chi connectivity index (χ0v) is 21.1. The molecule has 184 valence electrons. The largest absolute Gasteiger partial charge is 0.378 e. The van der Waals surface area contributed by atoms with Crippen LogP contribution in [0.15, 0.2) is 53.1 Å². The van der Waals surface area contributed by atoms with E-state index in [1.165, 1.54) is 24.0 Å². The zero-order chi connectivity index (χ0) is 24.6. The van der Waals surface area contributed by atoms with E-state index in [0.717, 1.165) is 29.7 Å². The molecule has 2 heterocycles. The molecule has 1 aromatic heterocycles. The van der Waals surface area contributed by atoms with Crippen molar-refractivity contribution in [1.29, 1.82) is 0 Å². The third-order valence-corrected chi connectivity index (χ3v) is 8.83. The highest BCUT2D eigenvalue weighted by atomic mass is 32.2. The van der Waals surface area contributed by atoms with Crippen molar-refractivity contribution in [3.05, 3.63) is 70.9 Å². The minimum Gasteiger partial charge on any atom is -0.378 e. The zero-order valence-electron chi connectivity index (χ0n) is 20.2. The number of fused-ring (bicyclic) bond motifs is 1. The maximum absolute atomic E-state index is 13.6. The lowest BCUT2D eigenvalue weighted by atomic mass is 9.90. The summed E-state index contributed by atoms with van der Waals surface area (Å²) >= 11 is 0. The fourth-order valence-electron chi connectivity index (χ4n) is 5.03. The number of amides is 1. The lowest BCUT2D eigenvalue weighted by molar-refractivity contribution is 0.0670. The third kappa shape index (κ3) is 5.12. The van der Waals surface area contributed by atoms with Crippen molar-refractivity contribution >= 4 is 21.4 Å². The van der Waals surface area contributed by atoms with E-state index in [1.54, 1.807) is 11.0 Å². The van der Waals surface area contributed by atoms with Crippen molar-refractivity contribution in [3.63, 3.8) is 0 Å². The number of carbonyl (C=O) groups is 1. The van der Waals surface area contributed by atoms with Crippen LogP contribution in [0.5, 0.6) is 0 Å². The quantitative estimate of drug-likeness (QED) is 0.514. The van der Waals surface area contributed by atoms with Crippen LogP contribution in [0.4, 0.5) is 5.69 Å². The Morgan fingerprint density at radius 1 is 1.03 bits per heavy atom. The number of sulfone groups is 1. The van der Waals surface area contributed by atoms with E-state index >= 15 is 0 Å². The summed E-state index contributed by atoms with van der Waals surface area (Å²) in [6.07, 6.45) is 4.99. The summed E-state index contributed by atoms with van der Waals surface area (Å²) in [5, 5.41) is 4.09. The van der Waals surface area contributed by atoms with Crippen LogP contribution in [0.3, 0.4) is 0 Å². The molecule has 1 fully saturated rings. The van der Waals surface area contributed by atoms with Gasteiger partial charge in [0, 0.05) is 44.0 Å². The minimum atomic E-state index is -3.16. The average molecular weight is 494 g/mol. The van der Waals surface area contributed by atoms with Crippen molar-refractivity contribution in [3.8, 4) is 11.3 Å².